The molecule has 1 rings (SSSR count). The Morgan fingerprint density at radius 2 is 1.78 bits per heavy atom. The number of nitrogens with one attached hydrogen (secondary N) is 1. The van der Waals surface area contributed by atoms with Crippen molar-refractivity contribution in [1.29, 1.82) is 0 Å². The highest BCUT2D eigenvalue weighted by Gasteiger charge is 2.23. The zero-order chi connectivity index (χ0) is 14.0. The molecule has 0 aromatic heterocycles. The van der Waals surface area contributed by atoms with Gasteiger partial charge in [0.25, 0.3) is 0 Å². The van der Waals surface area contributed by atoms with Crippen molar-refractivity contribution in [2.45, 2.75) is 58.8 Å². The van der Waals surface area contributed by atoms with Crippen molar-refractivity contribution in [3.8, 4) is 0 Å². The molecule has 104 valence electrons. The van der Waals surface area contributed by atoms with Gasteiger partial charge in [-0.15, -0.1) is 0 Å². The van der Waals surface area contributed by atoms with Gasteiger partial charge in [-0.25, -0.2) is 0 Å². The quantitative estimate of drug-likeness (QED) is 0.749. The summed E-state index contributed by atoms with van der Waals surface area (Å²) in [5.74, 6) is 0. The first-order chi connectivity index (χ1) is 8.65. The van der Waals surface area contributed by atoms with Crippen molar-refractivity contribution in [3.63, 3.8) is 0 Å². The van der Waals surface area contributed by atoms with Crippen LogP contribution < -0.4 is 5.32 Å². The Kier molecular flexibility index (Phi) is 9.62. The van der Waals surface area contributed by atoms with Gasteiger partial charge in [-0.2, -0.15) is 0 Å². The van der Waals surface area contributed by atoms with Crippen LogP contribution in [0.15, 0.2) is 37.0 Å². The maximum atomic E-state index is 5.71. The second kappa shape index (κ2) is 10.1. The summed E-state index contributed by atoms with van der Waals surface area (Å²) in [7, 11) is 0. The van der Waals surface area contributed by atoms with E-state index in [1.54, 1.807) is 6.08 Å². The van der Waals surface area contributed by atoms with E-state index in [1.807, 2.05) is 26.0 Å². The normalized spacial score (nSPS) is 28.0. The maximum Gasteiger partial charge on any atom is 0.0565 e. The van der Waals surface area contributed by atoms with Crippen molar-refractivity contribution in [2.75, 3.05) is 6.54 Å². The van der Waals surface area contributed by atoms with Crippen LogP contribution in [-0.2, 0) is 4.74 Å². The fraction of sp³-hybridized carbons (Fsp3) is 0.625. The summed E-state index contributed by atoms with van der Waals surface area (Å²) in [5.41, 5.74) is 1.18. The van der Waals surface area contributed by atoms with Gasteiger partial charge in [-0.1, -0.05) is 45.2 Å². The number of rotatable bonds is 5. The average Bonchev–Trinajstić information content (AvgIpc) is 2.36. The molecule has 0 saturated carbocycles. The van der Waals surface area contributed by atoms with Crippen LogP contribution in [0.5, 0.6) is 0 Å². The molecule has 2 nitrogen and oxygen atoms in total. The summed E-state index contributed by atoms with van der Waals surface area (Å²) in [6, 6.07) is 0.548. The molecule has 2 heteroatoms. The zero-order valence-electron chi connectivity index (χ0n) is 12.4. The maximum absolute atomic E-state index is 5.71. The molecule has 0 aromatic carbocycles. The van der Waals surface area contributed by atoms with E-state index in [9.17, 15) is 0 Å². The smallest absolute Gasteiger partial charge is 0.0565 e. The molecule has 2 atom stereocenters. The monoisotopic (exact) mass is 251 g/mol. The SMILES string of the molecule is C=C/C=C(\C=C)CNC1CC(C)OC(C)C1.CC. The topological polar surface area (TPSA) is 21.3 Å². The van der Waals surface area contributed by atoms with E-state index in [1.165, 1.54) is 5.57 Å². The lowest BCUT2D eigenvalue weighted by molar-refractivity contribution is -0.0416. The van der Waals surface area contributed by atoms with Gasteiger partial charge < -0.3 is 10.1 Å². The van der Waals surface area contributed by atoms with E-state index < -0.39 is 0 Å². The van der Waals surface area contributed by atoms with Crippen LogP contribution >= 0.6 is 0 Å². The Morgan fingerprint density at radius 1 is 1.22 bits per heavy atom. The number of allylic oxidation sites excluding steroid dienone is 2. The Morgan fingerprint density at radius 3 is 2.22 bits per heavy atom. The molecule has 0 amide bonds. The predicted molar refractivity (Wildman–Crippen MR) is 80.9 cm³/mol. The Balaban J connectivity index is 0.00000137. The molecular formula is C16H29NO. The minimum Gasteiger partial charge on any atom is -0.375 e. The van der Waals surface area contributed by atoms with Crippen molar-refractivity contribution < 1.29 is 4.74 Å². The molecule has 1 aliphatic rings. The highest BCUT2D eigenvalue weighted by atomic mass is 16.5. The molecule has 0 aromatic rings. The molecule has 1 saturated heterocycles. The second-order valence-corrected chi connectivity index (χ2v) is 4.49. The molecule has 0 aliphatic carbocycles. The van der Waals surface area contributed by atoms with E-state index in [0.717, 1.165) is 19.4 Å². The third-order valence-corrected chi connectivity index (χ3v) is 2.89. The van der Waals surface area contributed by atoms with Gasteiger partial charge in [0.05, 0.1) is 12.2 Å². The van der Waals surface area contributed by atoms with Crippen molar-refractivity contribution >= 4 is 0 Å². The van der Waals surface area contributed by atoms with Crippen LogP contribution in [0.2, 0.25) is 0 Å². The standard InChI is InChI=1S/C14H23NO.C2H6/c1-5-7-13(6-2)10-15-14-8-11(3)16-12(4)9-14;1-2/h5-7,11-12,14-15H,1-2,8-10H2,3-4H3;1-2H3/b13-7+;. The van der Waals surface area contributed by atoms with Gasteiger partial charge in [-0.05, 0) is 32.3 Å². The Bertz CT molecular complexity index is 260. The highest BCUT2D eigenvalue weighted by Crippen LogP contribution is 2.19. The minimum atomic E-state index is 0.358. The molecule has 2 unspecified atom stereocenters. The number of ether oxygens (including phenoxy) is 1. The van der Waals surface area contributed by atoms with Crippen molar-refractivity contribution in [1.82, 2.24) is 5.32 Å². The summed E-state index contributed by atoms with van der Waals surface area (Å²) in [6.45, 7) is 16.6. The lowest BCUT2D eigenvalue weighted by Gasteiger charge is -2.32. The van der Waals surface area contributed by atoms with Crippen LogP contribution in [0, 0.1) is 0 Å². The van der Waals surface area contributed by atoms with Crippen LogP contribution in [0.25, 0.3) is 0 Å². The Labute approximate surface area is 113 Å². The van der Waals surface area contributed by atoms with E-state index >= 15 is 0 Å². The molecule has 1 fully saturated rings. The van der Waals surface area contributed by atoms with Gasteiger partial charge in [0.2, 0.25) is 0 Å². The first kappa shape index (κ1) is 17.1. The summed E-state index contributed by atoms with van der Waals surface area (Å²) in [5, 5.41) is 3.55. The largest absolute Gasteiger partial charge is 0.375 e. The average molecular weight is 251 g/mol. The summed E-state index contributed by atoms with van der Waals surface area (Å²) in [4.78, 5) is 0. The van der Waals surface area contributed by atoms with E-state index in [4.69, 9.17) is 4.74 Å². The summed E-state index contributed by atoms with van der Waals surface area (Å²) in [6.07, 6.45) is 8.56. The highest BCUT2D eigenvalue weighted by molar-refractivity contribution is 5.22. The molecule has 18 heavy (non-hydrogen) atoms. The van der Waals surface area contributed by atoms with Gasteiger partial charge in [0.15, 0.2) is 0 Å². The van der Waals surface area contributed by atoms with Crippen molar-refractivity contribution in [3.05, 3.63) is 37.0 Å². The summed E-state index contributed by atoms with van der Waals surface area (Å²) >= 11 is 0. The first-order valence-electron chi connectivity index (χ1n) is 6.98. The van der Waals surface area contributed by atoms with E-state index in [-0.39, 0.29) is 0 Å². The lowest BCUT2D eigenvalue weighted by Crippen LogP contribution is -2.41. The molecule has 1 heterocycles. The molecule has 0 radical (unpaired) electrons. The number of hydrogen-bond donors (Lipinski definition) is 1. The predicted octanol–water partition coefficient (Wildman–Crippen LogP) is 3.86. The fourth-order valence-electron chi connectivity index (χ4n) is 2.18. The second-order valence-electron chi connectivity index (χ2n) is 4.49. The third-order valence-electron chi connectivity index (χ3n) is 2.89. The van der Waals surface area contributed by atoms with E-state index in [2.05, 4.69) is 32.3 Å². The first-order valence-corrected chi connectivity index (χ1v) is 6.98. The molecule has 1 N–H and O–H groups in total. The fourth-order valence-corrected chi connectivity index (χ4v) is 2.18. The van der Waals surface area contributed by atoms with Crippen LogP contribution in [0.1, 0.15) is 40.5 Å². The van der Waals surface area contributed by atoms with Gasteiger partial charge in [0, 0.05) is 12.6 Å². The third kappa shape index (κ3) is 6.77. The molecule has 0 bridgehead atoms. The zero-order valence-corrected chi connectivity index (χ0v) is 12.4. The molecular weight excluding hydrogens is 222 g/mol. The molecule has 0 spiro atoms. The van der Waals surface area contributed by atoms with Gasteiger partial charge in [0.1, 0.15) is 0 Å². The van der Waals surface area contributed by atoms with Crippen LogP contribution in [0.4, 0.5) is 0 Å². The van der Waals surface area contributed by atoms with Gasteiger partial charge in [-0.3, -0.25) is 0 Å². The minimum absolute atomic E-state index is 0.358. The van der Waals surface area contributed by atoms with Gasteiger partial charge >= 0.3 is 0 Å². The number of hydrogen-bond acceptors (Lipinski definition) is 2. The van der Waals surface area contributed by atoms with Crippen LogP contribution in [0.3, 0.4) is 0 Å². The van der Waals surface area contributed by atoms with Crippen LogP contribution in [-0.4, -0.2) is 24.8 Å². The lowest BCUT2D eigenvalue weighted by atomic mass is 9.99. The van der Waals surface area contributed by atoms with E-state index in [0.29, 0.717) is 18.2 Å². The Hall–Kier alpha value is -0.860. The summed E-state index contributed by atoms with van der Waals surface area (Å²) < 4.78 is 5.71. The van der Waals surface area contributed by atoms with Crippen molar-refractivity contribution in [2.24, 2.45) is 0 Å². The molecule has 1 aliphatic heterocycles.